The number of aromatic nitrogens is 2. The van der Waals surface area contributed by atoms with Crippen molar-refractivity contribution in [3.63, 3.8) is 0 Å². The summed E-state index contributed by atoms with van der Waals surface area (Å²) in [6.07, 6.45) is 4.71. The molecule has 30 heavy (non-hydrogen) atoms. The van der Waals surface area contributed by atoms with Crippen molar-refractivity contribution in [3.05, 3.63) is 35.1 Å². The van der Waals surface area contributed by atoms with Gasteiger partial charge in [0.05, 0.1) is 37.0 Å². The third-order valence-corrected chi connectivity index (χ3v) is 6.08. The lowest BCUT2D eigenvalue weighted by Crippen LogP contribution is -2.43. The Labute approximate surface area is 180 Å². The standard InChI is InChI=1S/C22H24ClN3O4/c1-13-3-5-15-10-28-11-16(7-13)19(15)30-22-20(27-2)21(25-12-26-22)29-18-6-4-14(9-24)8-17(18)23/h4,6,8,12-13,15-16,19H,3,5,7,10-11H2,1-2H3. The lowest BCUT2D eigenvalue weighted by molar-refractivity contribution is -0.0681. The van der Waals surface area contributed by atoms with Crippen LogP contribution in [0, 0.1) is 29.1 Å². The van der Waals surface area contributed by atoms with E-state index < -0.39 is 0 Å². The first-order chi connectivity index (χ1) is 14.6. The maximum absolute atomic E-state index is 9.01. The number of methoxy groups -OCH3 is 1. The molecule has 1 saturated carbocycles. The first kappa shape index (κ1) is 20.7. The molecule has 1 aliphatic heterocycles. The summed E-state index contributed by atoms with van der Waals surface area (Å²) in [6, 6.07) is 6.83. The number of nitrogens with zero attached hydrogens (tertiary/aromatic N) is 3. The molecule has 2 aromatic rings. The zero-order valence-electron chi connectivity index (χ0n) is 17.0. The Morgan fingerprint density at radius 3 is 2.73 bits per heavy atom. The van der Waals surface area contributed by atoms with Crippen molar-refractivity contribution in [2.24, 2.45) is 17.8 Å². The van der Waals surface area contributed by atoms with E-state index in [1.807, 2.05) is 6.07 Å². The van der Waals surface area contributed by atoms with Gasteiger partial charge in [0.2, 0.25) is 5.75 Å². The summed E-state index contributed by atoms with van der Waals surface area (Å²) in [7, 11) is 1.53. The highest BCUT2D eigenvalue weighted by atomic mass is 35.5. The Kier molecular flexibility index (Phi) is 6.26. The van der Waals surface area contributed by atoms with Crippen LogP contribution in [-0.2, 0) is 4.74 Å². The molecule has 8 heteroatoms. The number of halogens is 1. The number of hydrogen-bond donors (Lipinski definition) is 0. The minimum Gasteiger partial charge on any atom is -0.487 e. The fraction of sp³-hybridized carbons (Fsp3) is 0.500. The Morgan fingerprint density at radius 1 is 1.17 bits per heavy atom. The van der Waals surface area contributed by atoms with Crippen molar-refractivity contribution < 1.29 is 18.9 Å². The average Bonchev–Trinajstić information content (AvgIpc) is 2.82. The second kappa shape index (κ2) is 9.07. The van der Waals surface area contributed by atoms with Crippen LogP contribution in [0.2, 0.25) is 5.02 Å². The molecule has 0 amide bonds. The first-order valence-corrected chi connectivity index (χ1v) is 10.5. The fourth-order valence-corrected chi connectivity index (χ4v) is 4.50. The highest BCUT2D eigenvalue weighted by Gasteiger charge is 2.40. The van der Waals surface area contributed by atoms with Crippen LogP contribution in [0.5, 0.6) is 23.3 Å². The molecule has 1 aromatic heterocycles. The predicted octanol–water partition coefficient (Wildman–Crippen LogP) is 4.63. The Balaban J connectivity index is 1.60. The summed E-state index contributed by atoms with van der Waals surface area (Å²) < 4.78 is 23.6. The quantitative estimate of drug-likeness (QED) is 0.684. The molecule has 0 radical (unpaired) electrons. The van der Waals surface area contributed by atoms with Gasteiger partial charge in [0.1, 0.15) is 18.2 Å². The van der Waals surface area contributed by atoms with E-state index in [0.29, 0.717) is 58.9 Å². The minimum absolute atomic E-state index is 0.0128. The molecular weight excluding hydrogens is 406 g/mol. The van der Waals surface area contributed by atoms with E-state index in [9.17, 15) is 0 Å². The van der Waals surface area contributed by atoms with Crippen molar-refractivity contribution in [1.29, 1.82) is 5.26 Å². The van der Waals surface area contributed by atoms with Gasteiger partial charge >= 0.3 is 0 Å². The van der Waals surface area contributed by atoms with Crippen LogP contribution in [0.4, 0.5) is 0 Å². The lowest BCUT2D eigenvalue weighted by Gasteiger charge is -2.36. The highest BCUT2D eigenvalue weighted by molar-refractivity contribution is 6.32. The van der Waals surface area contributed by atoms with Crippen LogP contribution >= 0.6 is 11.6 Å². The second-order valence-corrected chi connectivity index (χ2v) is 8.34. The third-order valence-electron chi connectivity index (χ3n) is 5.79. The van der Waals surface area contributed by atoms with E-state index >= 15 is 0 Å². The molecule has 4 rings (SSSR count). The molecule has 1 aliphatic carbocycles. The first-order valence-electron chi connectivity index (χ1n) is 10.1. The van der Waals surface area contributed by atoms with E-state index in [2.05, 4.69) is 16.9 Å². The van der Waals surface area contributed by atoms with Crippen LogP contribution in [0.25, 0.3) is 0 Å². The molecule has 2 aliphatic rings. The summed E-state index contributed by atoms with van der Waals surface area (Å²) in [5.41, 5.74) is 0.447. The molecule has 4 atom stereocenters. The number of benzene rings is 1. The summed E-state index contributed by atoms with van der Waals surface area (Å²) >= 11 is 6.24. The Morgan fingerprint density at radius 2 is 1.97 bits per heavy atom. The predicted molar refractivity (Wildman–Crippen MR) is 110 cm³/mol. The van der Waals surface area contributed by atoms with E-state index in [1.54, 1.807) is 12.1 Å². The zero-order valence-corrected chi connectivity index (χ0v) is 17.8. The van der Waals surface area contributed by atoms with E-state index in [-0.39, 0.29) is 12.0 Å². The molecule has 2 heterocycles. The topological polar surface area (TPSA) is 86.5 Å². The number of fused-ring (bicyclic) bond motifs is 2. The number of ether oxygens (including phenoxy) is 4. The van der Waals surface area contributed by atoms with Gasteiger partial charge in [-0.25, -0.2) is 0 Å². The molecule has 0 spiro atoms. The normalized spacial score (nSPS) is 25.7. The van der Waals surface area contributed by atoms with Crippen molar-refractivity contribution >= 4 is 11.6 Å². The molecule has 7 nitrogen and oxygen atoms in total. The smallest absolute Gasteiger partial charge is 0.269 e. The maximum atomic E-state index is 9.01. The third kappa shape index (κ3) is 4.30. The molecule has 1 aromatic carbocycles. The van der Waals surface area contributed by atoms with Crippen LogP contribution in [-0.4, -0.2) is 36.4 Å². The summed E-state index contributed by atoms with van der Waals surface area (Å²) in [6.45, 7) is 3.69. The van der Waals surface area contributed by atoms with Gasteiger partial charge in [-0.1, -0.05) is 24.9 Å². The molecule has 4 unspecified atom stereocenters. The van der Waals surface area contributed by atoms with Crippen molar-refractivity contribution in [2.75, 3.05) is 20.3 Å². The monoisotopic (exact) mass is 429 g/mol. The van der Waals surface area contributed by atoms with Crippen LogP contribution in [0.1, 0.15) is 31.7 Å². The Hall–Kier alpha value is -2.56. The van der Waals surface area contributed by atoms with Crippen LogP contribution in [0.15, 0.2) is 24.5 Å². The second-order valence-electron chi connectivity index (χ2n) is 7.93. The molecule has 2 fully saturated rings. The maximum Gasteiger partial charge on any atom is 0.269 e. The van der Waals surface area contributed by atoms with Gasteiger partial charge in [0.25, 0.3) is 11.8 Å². The van der Waals surface area contributed by atoms with Gasteiger partial charge in [-0.2, -0.15) is 15.2 Å². The van der Waals surface area contributed by atoms with Crippen molar-refractivity contribution in [2.45, 2.75) is 32.3 Å². The average molecular weight is 430 g/mol. The molecule has 2 bridgehead atoms. The zero-order chi connectivity index (χ0) is 21.1. The van der Waals surface area contributed by atoms with E-state index in [4.69, 9.17) is 35.8 Å². The van der Waals surface area contributed by atoms with Crippen molar-refractivity contribution in [3.8, 4) is 29.3 Å². The van der Waals surface area contributed by atoms with Gasteiger partial charge in [0, 0.05) is 11.8 Å². The summed E-state index contributed by atoms with van der Waals surface area (Å²) in [5.74, 6) is 2.53. The van der Waals surface area contributed by atoms with Gasteiger partial charge in [-0.05, 0) is 37.0 Å². The number of rotatable bonds is 5. The molecule has 0 N–H and O–H groups in total. The van der Waals surface area contributed by atoms with Crippen LogP contribution < -0.4 is 14.2 Å². The molecule has 1 saturated heterocycles. The molecular formula is C22H24ClN3O4. The van der Waals surface area contributed by atoms with Gasteiger partial charge in [-0.3, -0.25) is 0 Å². The lowest BCUT2D eigenvalue weighted by atomic mass is 9.87. The minimum atomic E-state index is 0.0128. The summed E-state index contributed by atoms with van der Waals surface area (Å²) in [4.78, 5) is 8.52. The van der Waals surface area contributed by atoms with Gasteiger partial charge in [-0.15, -0.1) is 0 Å². The highest BCUT2D eigenvalue weighted by Crippen LogP contribution is 2.42. The SMILES string of the molecule is COc1c(Oc2ccc(C#N)cc2Cl)ncnc1OC1C2CCC(C)CC1COC2. The van der Waals surface area contributed by atoms with E-state index in [0.717, 1.165) is 12.8 Å². The van der Waals surface area contributed by atoms with E-state index in [1.165, 1.54) is 25.9 Å². The fourth-order valence-electron chi connectivity index (χ4n) is 4.28. The molecule has 158 valence electrons. The van der Waals surface area contributed by atoms with Crippen LogP contribution in [0.3, 0.4) is 0 Å². The van der Waals surface area contributed by atoms with Gasteiger partial charge in [0.15, 0.2) is 0 Å². The number of nitriles is 1. The largest absolute Gasteiger partial charge is 0.487 e. The van der Waals surface area contributed by atoms with Gasteiger partial charge < -0.3 is 18.9 Å². The summed E-state index contributed by atoms with van der Waals surface area (Å²) in [5, 5.41) is 9.31. The Bertz CT molecular complexity index is 948. The number of hydrogen-bond acceptors (Lipinski definition) is 7. The van der Waals surface area contributed by atoms with Crippen molar-refractivity contribution in [1.82, 2.24) is 9.97 Å².